The summed E-state index contributed by atoms with van der Waals surface area (Å²) in [7, 11) is 0. The first-order chi connectivity index (χ1) is 10.9. The van der Waals surface area contributed by atoms with Crippen LogP contribution in [0.1, 0.15) is 59.5 Å². The average Bonchev–Trinajstić information content (AvgIpc) is 2.45. The van der Waals surface area contributed by atoms with Crippen LogP contribution in [0.25, 0.3) is 0 Å². The number of benzene rings is 1. The summed E-state index contributed by atoms with van der Waals surface area (Å²) in [5.74, 6) is -5.32. The molecular formula is C18H20F2N2O2. The number of hydrogen-bond donors (Lipinski definition) is 1. The molecule has 0 atom stereocenters. The molecule has 0 aliphatic heterocycles. The summed E-state index contributed by atoms with van der Waals surface area (Å²) in [6, 6.07) is 6.04. The van der Waals surface area contributed by atoms with E-state index >= 15 is 0 Å². The van der Waals surface area contributed by atoms with E-state index in [0.717, 1.165) is 5.56 Å². The lowest BCUT2D eigenvalue weighted by molar-refractivity contribution is 0.0321. The van der Waals surface area contributed by atoms with Gasteiger partial charge in [-0.1, -0.05) is 45.0 Å². The Morgan fingerprint density at radius 2 is 1.38 bits per heavy atom. The second-order valence-corrected chi connectivity index (χ2v) is 6.80. The Kier molecular flexibility index (Phi) is 4.44. The molecule has 0 bridgehead atoms. The molecular weight excluding hydrogens is 314 g/mol. The highest BCUT2D eigenvalue weighted by Crippen LogP contribution is 2.35. The SMILES string of the molecule is Cc1nc(C(F)(F)c2ccc(C(C)(C)C)cc2)nc(C)c1C(=O)O. The molecule has 0 fully saturated rings. The average molecular weight is 334 g/mol. The van der Waals surface area contributed by atoms with E-state index < -0.39 is 17.7 Å². The van der Waals surface area contributed by atoms with Gasteiger partial charge in [-0.05, 0) is 24.8 Å². The number of rotatable bonds is 3. The van der Waals surface area contributed by atoms with Gasteiger partial charge in [0.2, 0.25) is 5.82 Å². The second kappa shape index (κ2) is 5.92. The second-order valence-electron chi connectivity index (χ2n) is 6.80. The number of halogens is 2. The number of carboxylic acids is 1. The van der Waals surface area contributed by atoms with E-state index in [2.05, 4.69) is 9.97 Å². The zero-order chi connectivity index (χ0) is 18.3. The highest BCUT2D eigenvalue weighted by atomic mass is 19.3. The fourth-order valence-corrected chi connectivity index (χ4v) is 2.47. The number of alkyl halides is 2. The van der Waals surface area contributed by atoms with E-state index in [0.29, 0.717) is 0 Å². The van der Waals surface area contributed by atoms with Crippen LogP contribution in [-0.4, -0.2) is 21.0 Å². The van der Waals surface area contributed by atoms with Gasteiger partial charge in [0.05, 0.1) is 11.4 Å². The van der Waals surface area contributed by atoms with E-state index in [1.54, 1.807) is 12.1 Å². The first-order valence-electron chi connectivity index (χ1n) is 7.52. The van der Waals surface area contributed by atoms with Gasteiger partial charge >= 0.3 is 11.9 Å². The van der Waals surface area contributed by atoms with E-state index in [-0.39, 0.29) is 27.9 Å². The van der Waals surface area contributed by atoms with E-state index in [4.69, 9.17) is 5.11 Å². The van der Waals surface area contributed by atoms with Crippen LogP contribution < -0.4 is 0 Å². The highest BCUT2D eigenvalue weighted by Gasteiger charge is 2.38. The topological polar surface area (TPSA) is 63.1 Å². The van der Waals surface area contributed by atoms with Gasteiger partial charge in [0.15, 0.2) is 0 Å². The molecule has 0 unspecified atom stereocenters. The Balaban J connectivity index is 2.49. The minimum Gasteiger partial charge on any atom is -0.478 e. The number of carboxylic acid groups (broad SMARTS) is 1. The largest absolute Gasteiger partial charge is 0.478 e. The van der Waals surface area contributed by atoms with Crippen LogP contribution >= 0.6 is 0 Å². The third kappa shape index (κ3) is 3.27. The maximum atomic E-state index is 14.7. The molecule has 128 valence electrons. The van der Waals surface area contributed by atoms with Gasteiger partial charge in [-0.15, -0.1) is 0 Å². The Labute approximate surface area is 139 Å². The van der Waals surface area contributed by atoms with Gasteiger partial charge in [0.1, 0.15) is 5.56 Å². The Morgan fingerprint density at radius 3 is 1.75 bits per heavy atom. The summed E-state index contributed by atoms with van der Waals surface area (Å²) in [4.78, 5) is 18.6. The summed E-state index contributed by atoms with van der Waals surface area (Å²) in [6.07, 6.45) is 0. The predicted octanol–water partition coefficient (Wildman–Crippen LogP) is 4.23. The van der Waals surface area contributed by atoms with Crippen molar-refractivity contribution in [1.29, 1.82) is 0 Å². The van der Waals surface area contributed by atoms with Gasteiger partial charge in [-0.3, -0.25) is 0 Å². The molecule has 6 heteroatoms. The van der Waals surface area contributed by atoms with Crippen molar-refractivity contribution >= 4 is 5.97 Å². The number of aromatic nitrogens is 2. The fraction of sp³-hybridized carbons (Fsp3) is 0.389. The molecule has 0 aliphatic carbocycles. The Morgan fingerprint density at radius 1 is 0.958 bits per heavy atom. The van der Waals surface area contributed by atoms with Gasteiger partial charge in [-0.25, -0.2) is 14.8 Å². The number of nitrogens with zero attached hydrogens (tertiary/aromatic N) is 2. The molecule has 2 aromatic rings. The first kappa shape index (κ1) is 18.0. The van der Waals surface area contributed by atoms with Crippen molar-refractivity contribution in [3.63, 3.8) is 0 Å². The van der Waals surface area contributed by atoms with Gasteiger partial charge < -0.3 is 5.11 Å². The minimum absolute atomic E-state index is 0.0241. The molecule has 24 heavy (non-hydrogen) atoms. The van der Waals surface area contributed by atoms with Crippen molar-refractivity contribution in [3.05, 3.63) is 58.2 Å². The number of carbonyl (C=O) groups is 1. The molecule has 0 radical (unpaired) electrons. The molecule has 0 saturated carbocycles. The van der Waals surface area contributed by atoms with Crippen LogP contribution in [0.3, 0.4) is 0 Å². The maximum absolute atomic E-state index is 14.7. The van der Waals surface area contributed by atoms with E-state index in [1.807, 2.05) is 20.8 Å². The van der Waals surface area contributed by atoms with Crippen LogP contribution in [0.2, 0.25) is 0 Å². The Hall–Kier alpha value is -2.37. The van der Waals surface area contributed by atoms with Crippen LogP contribution in [0.15, 0.2) is 24.3 Å². The van der Waals surface area contributed by atoms with Crippen LogP contribution in [0.4, 0.5) is 8.78 Å². The monoisotopic (exact) mass is 334 g/mol. The molecule has 1 aromatic carbocycles. The standard InChI is InChI=1S/C18H20F2N2O2/c1-10-14(15(23)24)11(2)22-16(21-10)18(19,20)13-8-6-12(7-9-13)17(3,4)5/h6-9H,1-5H3,(H,23,24). The summed E-state index contributed by atoms with van der Waals surface area (Å²) in [5.41, 5.74) is 0.485. The van der Waals surface area contributed by atoms with E-state index in [1.165, 1.54) is 26.0 Å². The number of aromatic carboxylic acids is 1. The molecule has 0 spiro atoms. The highest BCUT2D eigenvalue weighted by molar-refractivity contribution is 5.89. The fourth-order valence-electron chi connectivity index (χ4n) is 2.47. The predicted molar refractivity (Wildman–Crippen MR) is 86.6 cm³/mol. The number of aryl methyl sites for hydroxylation is 2. The summed E-state index contributed by atoms with van der Waals surface area (Å²) in [6.45, 7) is 8.78. The lowest BCUT2D eigenvalue weighted by Gasteiger charge is -2.21. The Bertz CT molecular complexity index is 756. The number of hydrogen-bond acceptors (Lipinski definition) is 3. The van der Waals surface area contributed by atoms with Crippen molar-refractivity contribution in [2.24, 2.45) is 0 Å². The summed E-state index contributed by atoms with van der Waals surface area (Å²) >= 11 is 0. The van der Waals surface area contributed by atoms with Gasteiger partial charge in [0, 0.05) is 5.56 Å². The first-order valence-corrected chi connectivity index (χ1v) is 7.52. The lowest BCUT2D eigenvalue weighted by atomic mass is 9.86. The van der Waals surface area contributed by atoms with E-state index in [9.17, 15) is 13.6 Å². The van der Waals surface area contributed by atoms with Crippen molar-refractivity contribution in [1.82, 2.24) is 9.97 Å². The third-order valence-corrected chi connectivity index (χ3v) is 3.88. The molecule has 1 N–H and O–H groups in total. The lowest BCUT2D eigenvalue weighted by Crippen LogP contribution is -2.22. The normalized spacial score (nSPS) is 12.3. The molecule has 0 saturated heterocycles. The minimum atomic E-state index is -3.40. The van der Waals surface area contributed by atoms with Crippen molar-refractivity contribution in [2.75, 3.05) is 0 Å². The molecule has 2 rings (SSSR count). The van der Waals surface area contributed by atoms with Crippen LogP contribution in [0, 0.1) is 13.8 Å². The van der Waals surface area contributed by atoms with Gasteiger partial charge in [0.25, 0.3) is 0 Å². The van der Waals surface area contributed by atoms with Crippen molar-refractivity contribution < 1.29 is 18.7 Å². The zero-order valence-corrected chi connectivity index (χ0v) is 14.3. The van der Waals surface area contributed by atoms with Crippen molar-refractivity contribution in [2.45, 2.75) is 46.0 Å². The molecule has 4 nitrogen and oxygen atoms in total. The smallest absolute Gasteiger partial charge is 0.339 e. The summed E-state index contributed by atoms with van der Waals surface area (Å²) < 4.78 is 29.5. The molecule has 1 heterocycles. The summed E-state index contributed by atoms with van der Waals surface area (Å²) in [5, 5.41) is 9.10. The third-order valence-electron chi connectivity index (χ3n) is 3.88. The van der Waals surface area contributed by atoms with Crippen LogP contribution in [0.5, 0.6) is 0 Å². The van der Waals surface area contributed by atoms with Crippen LogP contribution in [-0.2, 0) is 11.3 Å². The van der Waals surface area contributed by atoms with Crippen molar-refractivity contribution in [3.8, 4) is 0 Å². The zero-order valence-electron chi connectivity index (χ0n) is 14.3. The molecule has 0 amide bonds. The maximum Gasteiger partial charge on any atom is 0.339 e. The quantitative estimate of drug-likeness (QED) is 0.912. The van der Waals surface area contributed by atoms with Gasteiger partial charge in [-0.2, -0.15) is 8.78 Å². The molecule has 1 aromatic heterocycles. The molecule has 0 aliphatic rings.